The molecule has 22 heavy (non-hydrogen) atoms. The molecule has 1 aliphatic rings. The first-order valence-electron chi connectivity index (χ1n) is 7.82. The quantitative estimate of drug-likeness (QED) is 0.780. The second kappa shape index (κ2) is 5.44. The van der Waals surface area contributed by atoms with E-state index in [9.17, 15) is 0 Å². The third kappa shape index (κ3) is 2.25. The lowest BCUT2D eigenvalue weighted by molar-refractivity contribution is 0.512. The van der Waals surface area contributed by atoms with E-state index >= 15 is 0 Å². The SMILES string of the molecule is Nc1c(-c2ccc(C3CC[CH]CC3)cc2)cnc2nccn12. The number of nitrogens with zero attached hydrogens (tertiary/aromatic N) is 3. The molecule has 2 aromatic heterocycles. The van der Waals surface area contributed by atoms with Gasteiger partial charge in [0, 0.05) is 24.2 Å². The molecule has 4 nitrogen and oxygen atoms in total. The van der Waals surface area contributed by atoms with Crippen molar-refractivity contribution in [1.29, 1.82) is 0 Å². The predicted molar refractivity (Wildman–Crippen MR) is 88.3 cm³/mol. The van der Waals surface area contributed by atoms with Crippen molar-refractivity contribution in [2.24, 2.45) is 0 Å². The summed E-state index contributed by atoms with van der Waals surface area (Å²) in [6.07, 6.45) is 12.8. The molecule has 2 heterocycles. The summed E-state index contributed by atoms with van der Waals surface area (Å²) in [7, 11) is 0. The number of hydrogen-bond acceptors (Lipinski definition) is 3. The van der Waals surface area contributed by atoms with E-state index in [4.69, 9.17) is 5.73 Å². The molecule has 0 bridgehead atoms. The highest BCUT2D eigenvalue weighted by molar-refractivity contribution is 5.74. The zero-order chi connectivity index (χ0) is 14.9. The van der Waals surface area contributed by atoms with Gasteiger partial charge in [0.15, 0.2) is 0 Å². The molecule has 0 saturated heterocycles. The Morgan fingerprint density at radius 1 is 1.05 bits per heavy atom. The van der Waals surface area contributed by atoms with Gasteiger partial charge in [-0.2, -0.15) is 0 Å². The third-order valence-corrected chi connectivity index (χ3v) is 4.60. The summed E-state index contributed by atoms with van der Waals surface area (Å²) in [5.41, 5.74) is 9.75. The summed E-state index contributed by atoms with van der Waals surface area (Å²) < 4.78 is 1.82. The fraction of sp³-hybridized carbons (Fsp3) is 0.278. The van der Waals surface area contributed by atoms with Crippen LogP contribution in [0.3, 0.4) is 0 Å². The molecule has 1 fully saturated rings. The van der Waals surface area contributed by atoms with E-state index in [2.05, 4.69) is 40.7 Å². The van der Waals surface area contributed by atoms with Crippen LogP contribution in [0.5, 0.6) is 0 Å². The van der Waals surface area contributed by atoms with Crippen molar-refractivity contribution in [3.8, 4) is 11.1 Å². The fourth-order valence-corrected chi connectivity index (χ4v) is 3.31. The number of anilines is 1. The summed E-state index contributed by atoms with van der Waals surface area (Å²) in [6, 6.07) is 8.79. The average Bonchev–Trinajstić information content (AvgIpc) is 3.06. The summed E-state index contributed by atoms with van der Waals surface area (Å²) >= 11 is 0. The van der Waals surface area contributed by atoms with E-state index in [0.717, 1.165) is 11.1 Å². The van der Waals surface area contributed by atoms with Gasteiger partial charge in [-0.1, -0.05) is 24.3 Å². The van der Waals surface area contributed by atoms with Gasteiger partial charge in [-0.15, -0.1) is 0 Å². The maximum Gasteiger partial charge on any atom is 0.235 e. The van der Waals surface area contributed by atoms with Crippen LogP contribution < -0.4 is 5.73 Å². The fourth-order valence-electron chi connectivity index (χ4n) is 3.31. The molecule has 111 valence electrons. The molecule has 2 N–H and O–H groups in total. The maximum atomic E-state index is 6.26. The molecular formula is C18H19N4. The van der Waals surface area contributed by atoms with Crippen LogP contribution in [0.15, 0.2) is 42.9 Å². The first kappa shape index (κ1) is 13.3. The van der Waals surface area contributed by atoms with Gasteiger partial charge in [0.1, 0.15) is 5.82 Å². The Morgan fingerprint density at radius 2 is 1.82 bits per heavy atom. The number of nitrogens with two attached hydrogens (primary N) is 1. The minimum atomic E-state index is 0.635. The van der Waals surface area contributed by atoms with E-state index in [0.29, 0.717) is 17.5 Å². The van der Waals surface area contributed by atoms with Crippen LogP contribution in [0.2, 0.25) is 0 Å². The van der Waals surface area contributed by atoms with Gasteiger partial charge < -0.3 is 5.73 Å². The van der Waals surface area contributed by atoms with Crippen LogP contribution in [-0.2, 0) is 0 Å². The van der Waals surface area contributed by atoms with Gasteiger partial charge >= 0.3 is 0 Å². The minimum Gasteiger partial charge on any atom is -0.384 e. The Labute approximate surface area is 130 Å². The van der Waals surface area contributed by atoms with Crippen molar-refractivity contribution in [3.05, 3.63) is 54.8 Å². The number of imidazole rings is 1. The molecule has 1 aromatic carbocycles. The van der Waals surface area contributed by atoms with Crippen LogP contribution in [0.4, 0.5) is 5.82 Å². The molecule has 4 heteroatoms. The molecule has 1 radical (unpaired) electrons. The van der Waals surface area contributed by atoms with Crippen LogP contribution in [0.25, 0.3) is 16.9 Å². The van der Waals surface area contributed by atoms with Crippen molar-refractivity contribution in [1.82, 2.24) is 14.4 Å². The number of fused-ring (bicyclic) bond motifs is 1. The zero-order valence-electron chi connectivity index (χ0n) is 12.4. The Bertz CT molecular complexity index is 782. The van der Waals surface area contributed by atoms with Gasteiger partial charge in [-0.25, -0.2) is 9.97 Å². The topological polar surface area (TPSA) is 56.2 Å². The number of aromatic nitrogens is 3. The molecule has 0 amide bonds. The standard InChI is InChI=1S/C18H19N4/c19-17-16(12-21-18-20-10-11-22(17)18)15-8-6-14(7-9-15)13-4-2-1-3-5-13/h1,6-13H,2-5,19H2. The number of benzene rings is 1. The van der Waals surface area contributed by atoms with Crippen molar-refractivity contribution in [3.63, 3.8) is 0 Å². The summed E-state index contributed by atoms with van der Waals surface area (Å²) in [4.78, 5) is 8.52. The zero-order valence-corrected chi connectivity index (χ0v) is 12.4. The monoisotopic (exact) mass is 291 g/mol. The molecule has 1 aliphatic carbocycles. The second-order valence-electron chi connectivity index (χ2n) is 5.92. The van der Waals surface area contributed by atoms with Gasteiger partial charge in [-0.3, -0.25) is 4.40 Å². The molecule has 4 rings (SSSR count). The Kier molecular flexibility index (Phi) is 3.29. The molecule has 0 spiro atoms. The molecule has 0 atom stereocenters. The predicted octanol–water partition coefficient (Wildman–Crippen LogP) is 3.84. The minimum absolute atomic E-state index is 0.635. The lowest BCUT2D eigenvalue weighted by Crippen LogP contribution is -2.05. The highest BCUT2D eigenvalue weighted by Gasteiger charge is 2.16. The van der Waals surface area contributed by atoms with Crippen LogP contribution in [0.1, 0.15) is 37.2 Å². The molecule has 1 saturated carbocycles. The average molecular weight is 291 g/mol. The van der Waals surface area contributed by atoms with Gasteiger partial charge in [-0.05, 0) is 49.1 Å². The highest BCUT2D eigenvalue weighted by Crippen LogP contribution is 2.33. The molecular weight excluding hydrogens is 272 g/mol. The number of nitrogen functional groups attached to an aromatic ring is 1. The van der Waals surface area contributed by atoms with E-state index in [-0.39, 0.29) is 0 Å². The third-order valence-electron chi connectivity index (χ3n) is 4.60. The summed E-state index contributed by atoms with van der Waals surface area (Å²) in [5.74, 6) is 2.02. The van der Waals surface area contributed by atoms with E-state index in [1.54, 1.807) is 6.20 Å². The van der Waals surface area contributed by atoms with Gasteiger partial charge in [0.05, 0.1) is 0 Å². The normalized spacial score (nSPS) is 16.2. The van der Waals surface area contributed by atoms with Crippen molar-refractivity contribution in [2.45, 2.75) is 31.6 Å². The van der Waals surface area contributed by atoms with Crippen molar-refractivity contribution >= 4 is 11.6 Å². The van der Waals surface area contributed by atoms with Crippen molar-refractivity contribution < 1.29 is 0 Å². The summed E-state index contributed by atoms with van der Waals surface area (Å²) in [5, 5.41) is 0. The first-order valence-corrected chi connectivity index (χ1v) is 7.82. The molecule has 3 aromatic rings. The van der Waals surface area contributed by atoms with Gasteiger partial charge in [0.25, 0.3) is 0 Å². The van der Waals surface area contributed by atoms with Crippen LogP contribution in [-0.4, -0.2) is 14.4 Å². The van der Waals surface area contributed by atoms with E-state index < -0.39 is 0 Å². The van der Waals surface area contributed by atoms with E-state index in [1.807, 2.05) is 16.8 Å². The summed E-state index contributed by atoms with van der Waals surface area (Å²) in [6.45, 7) is 0. The largest absolute Gasteiger partial charge is 0.384 e. The Balaban J connectivity index is 1.68. The number of hydrogen-bond donors (Lipinski definition) is 1. The van der Waals surface area contributed by atoms with Crippen molar-refractivity contribution in [2.75, 3.05) is 5.73 Å². The lowest BCUT2D eigenvalue weighted by atomic mass is 9.84. The van der Waals surface area contributed by atoms with Gasteiger partial charge in [0.2, 0.25) is 5.78 Å². The molecule has 0 unspecified atom stereocenters. The second-order valence-corrected chi connectivity index (χ2v) is 5.92. The maximum absolute atomic E-state index is 6.26. The Morgan fingerprint density at radius 3 is 2.59 bits per heavy atom. The van der Waals surface area contributed by atoms with Crippen LogP contribution in [0, 0.1) is 6.42 Å². The lowest BCUT2D eigenvalue weighted by Gasteiger charge is -2.22. The smallest absolute Gasteiger partial charge is 0.235 e. The van der Waals surface area contributed by atoms with E-state index in [1.165, 1.54) is 31.2 Å². The first-order chi connectivity index (χ1) is 10.8. The Hall–Kier alpha value is -2.36. The van der Waals surface area contributed by atoms with Crippen LogP contribution >= 0.6 is 0 Å². The number of rotatable bonds is 2. The highest BCUT2D eigenvalue weighted by atomic mass is 15.1. The molecule has 0 aliphatic heterocycles.